The van der Waals surface area contributed by atoms with E-state index in [1.807, 2.05) is 32.0 Å². The van der Waals surface area contributed by atoms with Crippen LogP contribution in [0.15, 0.2) is 23.1 Å². The molecule has 1 atom stereocenters. The summed E-state index contributed by atoms with van der Waals surface area (Å²) >= 11 is 0. The van der Waals surface area contributed by atoms with Crippen molar-refractivity contribution >= 4 is 15.7 Å². The maximum absolute atomic E-state index is 12.5. The molecule has 0 saturated heterocycles. The molecule has 0 aliphatic heterocycles. The lowest BCUT2D eigenvalue weighted by molar-refractivity contribution is 0.265. The second-order valence-corrected chi connectivity index (χ2v) is 7.63. The van der Waals surface area contributed by atoms with Crippen molar-refractivity contribution in [3.63, 3.8) is 0 Å². The van der Waals surface area contributed by atoms with Gasteiger partial charge in [0.15, 0.2) is 0 Å². The van der Waals surface area contributed by atoms with Gasteiger partial charge < -0.3 is 10.0 Å². The molecule has 6 heteroatoms. The van der Waals surface area contributed by atoms with E-state index in [0.29, 0.717) is 12.3 Å². The van der Waals surface area contributed by atoms with Crippen molar-refractivity contribution in [2.24, 2.45) is 5.92 Å². The number of aliphatic hydroxyl groups is 1. The predicted molar refractivity (Wildman–Crippen MR) is 84.0 cm³/mol. The van der Waals surface area contributed by atoms with Crippen molar-refractivity contribution in [3.8, 4) is 0 Å². The van der Waals surface area contributed by atoms with E-state index in [1.54, 1.807) is 12.1 Å². The number of anilines is 1. The summed E-state index contributed by atoms with van der Waals surface area (Å²) in [5.74, 6) is 0.366. The molecule has 1 fully saturated rings. The fraction of sp³-hybridized carbons (Fsp3) is 0.600. The van der Waals surface area contributed by atoms with Crippen LogP contribution in [0, 0.1) is 12.8 Å². The van der Waals surface area contributed by atoms with E-state index in [-0.39, 0.29) is 17.5 Å². The highest BCUT2D eigenvalue weighted by molar-refractivity contribution is 7.89. The molecule has 1 aliphatic rings. The Morgan fingerprint density at radius 1 is 1.38 bits per heavy atom. The van der Waals surface area contributed by atoms with E-state index in [9.17, 15) is 8.42 Å². The van der Waals surface area contributed by atoms with Gasteiger partial charge in [-0.3, -0.25) is 0 Å². The first-order chi connectivity index (χ1) is 9.85. The summed E-state index contributed by atoms with van der Waals surface area (Å²) in [6.07, 6.45) is 2.53. The van der Waals surface area contributed by atoms with Gasteiger partial charge in [-0.1, -0.05) is 6.07 Å². The predicted octanol–water partition coefficient (Wildman–Crippen LogP) is 1.50. The van der Waals surface area contributed by atoms with E-state index in [1.165, 1.54) is 0 Å². The normalized spacial score (nSPS) is 16.8. The van der Waals surface area contributed by atoms with Crippen molar-refractivity contribution in [3.05, 3.63) is 23.8 Å². The maximum atomic E-state index is 12.5. The van der Waals surface area contributed by atoms with E-state index < -0.39 is 10.0 Å². The van der Waals surface area contributed by atoms with Crippen LogP contribution in [-0.4, -0.2) is 40.3 Å². The Morgan fingerprint density at radius 2 is 2.05 bits per heavy atom. The molecule has 5 nitrogen and oxygen atoms in total. The molecule has 1 aromatic rings. The van der Waals surface area contributed by atoms with E-state index in [0.717, 1.165) is 24.1 Å². The van der Waals surface area contributed by atoms with Crippen molar-refractivity contribution < 1.29 is 13.5 Å². The number of aryl methyl sites for hydroxylation is 1. The van der Waals surface area contributed by atoms with Gasteiger partial charge in [0.2, 0.25) is 10.0 Å². The number of sulfonamides is 1. The average Bonchev–Trinajstić information content (AvgIpc) is 3.22. The van der Waals surface area contributed by atoms with E-state index in [2.05, 4.69) is 4.72 Å². The highest BCUT2D eigenvalue weighted by atomic mass is 32.2. The largest absolute Gasteiger partial charge is 0.396 e. The molecule has 0 amide bonds. The fourth-order valence-electron chi connectivity index (χ4n) is 2.53. The molecule has 1 aliphatic carbocycles. The van der Waals surface area contributed by atoms with Crippen molar-refractivity contribution in [1.82, 2.24) is 4.72 Å². The zero-order valence-electron chi connectivity index (χ0n) is 12.8. The minimum atomic E-state index is -3.55. The van der Waals surface area contributed by atoms with Gasteiger partial charge >= 0.3 is 0 Å². The number of nitrogens with one attached hydrogen (secondary N) is 1. The van der Waals surface area contributed by atoms with Crippen LogP contribution in [0.25, 0.3) is 0 Å². The van der Waals surface area contributed by atoms with Crippen molar-refractivity contribution in [1.29, 1.82) is 0 Å². The number of nitrogens with zero attached hydrogens (tertiary/aromatic N) is 1. The Balaban J connectivity index is 2.24. The van der Waals surface area contributed by atoms with Gasteiger partial charge in [-0.25, -0.2) is 13.1 Å². The van der Waals surface area contributed by atoms with Crippen molar-refractivity contribution in [2.45, 2.75) is 37.1 Å². The molecule has 118 valence electrons. The molecular formula is C15H24N2O3S. The molecule has 1 unspecified atom stereocenters. The summed E-state index contributed by atoms with van der Waals surface area (Å²) in [7, 11) is 0.240. The maximum Gasteiger partial charge on any atom is 0.240 e. The number of hydrogen-bond donors (Lipinski definition) is 2. The van der Waals surface area contributed by atoms with Gasteiger partial charge in [0, 0.05) is 32.4 Å². The third kappa shape index (κ3) is 3.96. The number of benzene rings is 1. The molecule has 21 heavy (non-hydrogen) atoms. The Labute approximate surface area is 127 Å². The third-order valence-electron chi connectivity index (χ3n) is 3.91. The first-order valence-electron chi connectivity index (χ1n) is 7.26. The van der Waals surface area contributed by atoms with Gasteiger partial charge in [0.1, 0.15) is 0 Å². The Morgan fingerprint density at radius 3 is 2.57 bits per heavy atom. The number of rotatable bonds is 7. The van der Waals surface area contributed by atoms with Crippen LogP contribution in [0.5, 0.6) is 0 Å². The third-order valence-corrected chi connectivity index (χ3v) is 5.40. The van der Waals surface area contributed by atoms with E-state index in [4.69, 9.17) is 5.11 Å². The SMILES string of the molecule is Cc1ccc(S(=O)(=O)NC(CCO)C2CC2)cc1N(C)C. The van der Waals surface area contributed by atoms with Crippen LogP contribution in [0.2, 0.25) is 0 Å². The molecule has 1 aromatic carbocycles. The molecule has 0 radical (unpaired) electrons. The second-order valence-electron chi connectivity index (χ2n) is 5.92. The first kappa shape index (κ1) is 16.3. The summed E-state index contributed by atoms with van der Waals surface area (Å²) < 4.78 is 27.8. The summed E-state index contributed by atoms with van der Waals surface area (Å²) in [5.41, 5.74) is 1.93. The lowest BCUT2D eigenvalue weighted by atomic mass is 10.1. The highest BCUT2D eigenvalue weighted by Gasteiger charge is 2.34. The zero-order valence-corrected chi connectivity index (χ0v) is 13.7. The lowest BCUT2D eigenvalue weighted by Gasteiger charge is -2.20. The van der Waals surface area contributed by atoms with Crippen LogP contribution in [-0.2, 0) is 10.0 Å². The molecule has 2 N–H and O–H groups in total. The fourth-order valence-corrected chi connectivity index (χ4v) is 3.89. The minimum absolute atomic E-state index is 0.000528. The van der Waals surface area contributed by atoms with Gasteiger partial charge in [0.25, 0.3) is 0 Å². The van der Waals surface area contributed by atoms with Crippen LogP contribution in [0.3, 0.4) is 0 Å². The first-order valence-corrected chi connectivity index (χ1v) is 8.74. The van der Waals surface area contributed by atoms with Crippen LogP contribution in [0.4, 0.5) is 5.69 Å². The van der Waals surface area contributed by atoms with Gasteiger partial charge in [0.05, 0.1) is 4.90 Å². The number of aliphatic hydroxyl groups excluding tert-OH is 1. The minimum Gasteiger partial charge on any atom is -0.396 e. The summed E-state index contributed by atoms with van der Waals surface area (Å²) in [6, 6.07) is 4.99. The average molecular weight is 312 g/mol. The van der Waals surface area contributed by atoms with Crippen molar-refractivity contribution in [2.75, 3.05) is 25.6 Å². The van der Waals surface area contributed by atoms with Gasteiger partial charge in [-0.15, -0.1) is 0 Å². The van der Waals surface area contributed by atoms with Crippen LogP contribution < -0.4 is 9.62 Å². The highest BCUT2D eigenvalue weighted by Crippen LogP contribution is 2.34. The standard InChI is InChI=1S/C15H24N2O3S/c1-11-4-7-13(10-15(11)17(2)3)21(19,20)16-14(8-9-18)12-5-6-12/h4,7,10,12,14,16,18H,5-6,8-9H2,1-3H3. The quantitative estimate of drug-likeness (QED) is 0.800. The Bertz CT molecular complexity index is 595. The molecule has 1 saturated carbocycles. The Hall–Kier alpha value is -1.11. The molecule has 0 heterocycles. The van der Waals surface area contributed by atoms with Gasteiger partial charge in [-0.2, -0.15) is 0 Å². The molecule has 0 bridgehead atoms. The molecule has 2 rings (SSSR count). The zero-order chi connectivity index (χ0) is 15.6. The summed E-state index contributed by atoms with van der Waals surface area (Å²) in [4.78, 5) is 2.18. The van der Waals surface area contributed by atoms with Gasteiger partial charge in [-0.05, 0) is 49.8 Å². The van der Waals surface area contributed by atoms with E-state index >= 15 is 0 Å². The molecule has 0 aromatic heterocycles. The van der Waals surface area contributed by atoms with Crippen LogP contribution >= 0.6 is 0 Å². The molecular weight excluding hydrogens is 288 g/mol. The molecule has 0 spiro atoms. The number of hydrogen-bond acceptors (Lipinski definition) is 4. The smallest absolute Gasteiger partial charge is 0.240 e. The monoisotopic (exact) mass is 312 g/mol. The summed E-state index contributed by atoms with van der Waals surface area (Å²) in [6.45, 7) is 1.96. The topological polar surface area (TPSA) is 69.6 Å². The summed E-state index contributed by atoms with van der Waals surface area (Å²) in [5, 5.41) is 9.09. The van der Waals surface area contributed by atoms with Crippen LogP contribution in [0.1, 0.15) is 24.8 Å². The Kier molecular flexibility index (Phi) is 4.91. The lowest BCUT2D eigenvalue weighted by Crippen LogP contribution is -2.37. The second kappa shape index (κ2) is 6.34.